The monoisotopic (exact) mass is 1050 g/mol. The zero-order valence-electron chi connectivity index (χ0n) is 35.7. The Balaban J connectivity index is 0.000000199. The van der Waals surface area contributed by atoms with Crippen LogP contribution in [0, 0.1) is 6.92 Å². The number of aromatic nitrogens is 2. The third-order valence-corrected chi connectivity index (χ3v) is 17.6. The molecule has 2 aliphatic rings. The van der Waals surface area contributed by atoms with Crippen LogP contribution in [0.3, 0.4) is 0 Å². The lowest BCUT2D eigenvalue weighted by atomic mass is 10.1. The van der Waals surface area contributed by atoms with Crippen molar-refractivity contribution >= 4 is 76.2 Å². The number of anilines is 2. The molecule has 0 spiro atoms. The van der Waals surface area contributed by atoms with Gasteiger partial charge in [0.15, 0.2) is 10.3 Å². The van der Waals surface area contributed by atoms with Gasteiger partial charge in [-0.15, -0.1) is 22.7 Å². The highest BCUT2D eigenvalue weighted by atomic mass is 35.5. The van der Waals surface area contributed by atoms with Crippen molar-refractivity contribution < 1.29 is 47.9 Å². The van der Waals surface area contributed by atoms with Gasteiger partial charge in [-0.3, -0.25) is 0 Å². The van der Waals surface area contributed by atoms with Gasteiger partial charge in [-0.05, 0) is 66.6 Å². The number of alkyl halides is 6. The Hall–Kier alpha value is -4.48. The Labute approximate surface area is 402 Å². The van der Waals surface area contributed by atoms with Crippen molar-refractivity contribution in [2.45, 2.75) is 41.9 Å². The number of halogens is 8. The molecule has 2 aliphatic heterocycles. The summed E-state index contributed by atoms with van der Waals surface area (Å²) in [5.41, 5.74) is 3.17. The first-order chi connectivity index (χ1) is 31.6. The largest absolute Gasteiger partial charge is 0.497 e. The Morgan fingerprint density at radius 1 is 0.582 bits per heavy atom. The molecule has 67 heavy (non-hydrogen) atoms. The summed E-state index contributed by atoms with van der Waals surface area (Å²) in [4.78, 5) is 12.3. The zero-order chi connectivity index (χ0) is 48.3. The Morgan fingerprint density at radius 3 is 1.31 bits per heavy atom. The smallest absolute Gasteiger partial charge is 0.416 e. The van der Waals surface area contributed by atoms with Crippen LogP contribution in [0.15, 0.2) is 105 Å². The highest BCUT2D eigenvalue weighted by Gasteiger charge is 2.37. The first kappa shape index (κ1) is 50.4. The molecule has 23 heteroatoms. The van der Waals surface area contributed by atoms with Crippen LogP contribution < -0.4 is 14.5 Å². The predicted octanol–water partition coefficient (Wildman–Crippen LogP) is 10.2. The number of hydrogen-bond donors (Lipinski definition) is 0. The quantitative estimate of drug-likeness (QED) is 0.117. The summed E-state index contributed by atoms with van der Waals surface area (Å²) in [7, 11) is -6.73. The molecule has 8 rings (SSSR count). The van der Waals surface area contributed by atoms with Crippen molar-refractivity contribution in [2.75, 3.05) is 69.3 Å². The van der Waals surface area contributed by atoms with Gasteiger partial charge in [-0.1, -0.05) is 65.2 Å². The molecule has 11 nitrogen and oxygen atoms in total. The number of benzene rings is 4. The van der Waals surface area contributed by atoms with E-state index in [0.717, 1.165) is 67.1 Å². The van der Waals surface area contributed by atoms with Gasteiger partial charge < -0.3 is 14.5 Å². The molecule has 0 radical (unpaired) electrons. The predicted molar refractivity (Wildman–Crippen MR) is 249 cm³/mol. The summed E-state index contributed by atoms with van der Waals surface area (Å²) in [5, 5.41) is 5.06. The molecule has 0 unspecified atom stereocenters. The minimum absolute atomic E-state index is 0.113. The summed E-state index contributed by atoms with van der Waals surface area (Å²) in [6, 6.07) is 20.6. The van der Waals surface area contributed by atoms with Crippen LogP contribution in [0.4, 0.5) is 36.6 Å². The van der Waals surface area contributed by atoms with Crippen molar-refractivity contribution in [3.8, 4) is 5.75 Å². The maximum Gasteiger partial charge on any atom is 0.416 e. The third kappa shape index (κ3) is 12.2. The maximum absolute atomic E-state index is 13.1. The molecule has 2 fully saturated rings. The molecule has 0 N–H and O–H groups in total. The number of methoxy groups -OCH3 is 1. The van der Waals surface area contributed by atoms with Gasteiger partial charge in [0.05, 0.1) is 39.7 Å². The van der Waals surface area contributed by atoms with E-state index in [-0.39, 0.29) is 36.2 Å². The Bertz CT molecular complexity index is 2890. The lowest BCUT2D eigenvalue weighted by Gasteiger charge is -2.34. The molecule has 358 valence electrons. The first-order valence-electron chi connectivity index (χ1n) is 20.4. The number of nitrogens with zero attached hydrogens (tertiary/aromatic N) is 6. The standard InChI is InChI=1S/C22H21ClF3N3O3S2.C22H21ClF3N3O2S2/c1-32-18-5-2-15(3-6-18)12-17-14-33-21(27-17)28-8-10-29(11-9-28)34(30,31)20-13-16(22(24,25)26)4-7-19(20)23;1-15-2-4-16(5-3-15)12-18-14-32-21(27-18)28-8-10-29(11-9-28)33(30,31)20-13-17(22(24,25)26)6-7-19(20)23/h2-7,13-14H,8-12H2,1H3;2-7,13-14H,8-12H2,1H3. The summed E-state index contributed by atoms with van der Waals surface area (Å²) in [5.74, 6) is 0.780. The van der Waals surface area contributed by atoms with Crippen molar-refractivity contribution in [3.05, 3.63) is 145 Å². The van der Waals surface area contributed by atoms with E-state index in [1.807, 2.05) is 51.7 Å². The van der Waals surface area contributed by atoms with Crippen molar-refractivity contribution in [1.82, 2.24) is 18.6 Å². The van der Waals surface area contributed by atoms with Crippen molar-refractivity contribution in [1.29, 1.82) is 0 Å². The van der Waals surface area contributed by atoms with Crippen molar-refractivity contribution in [3.63, 3.8) is 0 Å². The van der Waals surface area contributed by atoms with Gasteiger partial charge in [0.1, 0.15) is 15.5 Å². The van der Waals surface area contributed by atoms with Gasteiger partial charge in [-0.25, -0.2) is 26.8 Å². The van der Waals surface area contributed by atoms with Crippen LogP contribution >= 0.6 is 45.9 Å². The molecular formula is C44H42Cl2F6N6O5S4. The summed E-state index contributed by atoms with van der Waals surface area (Å²) >= 11 is 14.9. The lowest BCUT2D eigenvalue weighted by molar-refractivity contribution is -0.138. The molecule has 4 heterocycles. The molecule has 0 saturated carbocycles. The molecule has 0 aliphatic carbocycles. The molecule has 6 aromatic rings. The average Bonchev–Trinajstić information content (AvgIpc) is 3.97. The number of rotatable bonds is 11. The summed E-state index contributed by atoms with van der Waals surface area (Å²) < 4.78 is 138. The van der Waals surface area contributed by atoms with Crippen LogP contribution in [0.2, 0.25) is 10.0 Å². The minimum atomic E-state index is -4.66. The molecule has 0 amide bonds. The Kier molecular flexibility index (Phi) is 15.5. The number of ether oxygens (including phenoxy) is 1. The fraction of sp³-hybridized carbons (Fsp3) is 0.318. The molecule has 4 aromatic carbocycles. The average molecular weight is 1050 g/mol. The number of sulfonamides is 2. The molecule has 0 atom stereocenters. The molecular weight excluding hydrogens is 1010 g/mol. The zero-order valence-corrected chi connectivity index (χ0v) is 40.5. The van der Waals surface area contributed by atoms with E-state index in [1.54, 1.807) is 7.11 Å². The molecule has 2 aromatic heterocycles. The minimum Gasteiger partial charge on any atom is -0.497 e. The normalized spacial score (nSPS) is 15.6. The lowest BCUT2D eigenvalue weighted by Crippen LogP contribution is -2.48. The SMILES string of the molecule is COc1ccc(Cc2csc(N3CCN(S(=O)(=O)c4cc(C(F)(F)F)ccc4Cl)CC3)n2)cc1.Cc1ccc(Cc2csc(N3CCN(S(=O)(=O)c4cc(C(F)(F)F)ccc4Cl)CC3)n2)cc1. The number of hydrogen-bond acceptors (Lipinski definition) is 11. The second kappa shape index (κ2) is 20.6. The van der Waals surface area contributed by atoms with Crippen LogP contribution in [-0.2, 0) is 45.2 Å². The van der Waals surface area contributed by atoms with E-state index < -0.39 is 53.3 Å². The topological polar surface area (TPSA) is 116 Å². The third-order valence-electron chi connectivity index (χ3n) is 10.9. The van der Waals surface area contributed by atoms with Crippen LogP contribution in [0.5, 0.6) is 5.75 Å². The van der Waals surface area contributed by atoms with Crippen LogP contribution in [-0.4, -0.2) is 94.9 Å². The molecule has 0 bridgehead atoms. The second-order valence-corrected chi connectivity index (χ2v) is 21.8. The van der Waals surface area contributed by atoms with Gasteiger partial charge in [0.2, 0.25) is 20.0 Å². The van der Waals surface area contributed by atoms with E-state index in [2.05, 4.69) is 34.2 Å². The second-order valence-electron chi connectivity index (χ2n) is 15.5. The first-order valence-corrected chi connectivity index (χ1v) is 25.8. The maximum atomic E-state index is 13.1. The number of piperazine rings is 2. The fourth-order valence-electron chi connectivity index (χ4n) is 7.19. The van der Waals surface area contributed by atoms with Gasteiger partial charge in [0.25, 0.3) is 0 Å². The highest BCUT2D eigenvalue weighted by molar-refractivity contribution is 7.89. The van der Waals surface area contributed by atoms with Gasteiger partial charge in [-0.2, -0.15) is 35.0 Å². The van der Waals surface area contributed by atoms with Crippen LogP contribution in [0.1, 0.15) is 39.2 Å². The van der Waals surface area contributed by atoms with Gasteiger partial charge in [0, 0.05) is 76.0 Å². The Morgan fingerprint density at radius 2 is 0.955 bits per heavy atom. The number of aryl methyl sites for hydroxylation is 1. The fourth-order valence-corrected chi connectivity index (χ4v) is 12.8. The van der Waals surface area contributed by atoms with Crippen molar-refractivity contribution in [2.24, 2.45) is 0 Å². The van der Waals surface area contributed by atoms with Crippen LogP contribution in [0.25, 0.3) is 0 Å². The molecule has 2 saturated heterocycles. The highest BCUT2D eigenvalue weighted by Crippen LogP contribution is 2.37. The van der Waals surface area contributed by atoms with E-state index in [9.17, 15) is 43.2 Å². The van der Waals surface area contributed by atoms with E-state index in [1.165, 1.54) is 32.5 Å². The summed E-state index contributed by atoms with van der Waals surface area (Å²) in [6.07, 6.45) is -7.96. The van der Waals surface area contributed by atoms with E-state index in [0.29, 0.717) is 51.2 Å². The number of thiazole rings is 2. The summed E-state index contributed by atoms with van der Waals surface area (Å²) in [6.45, 7) is 4.01. The van der Waals surface area contributed by atoms with Gasteiger partial charge >= 0.3 is 12.4 Å². The van der Waals surface area contributed by atoms with E-state index >= 15 is 0 Å². The van der Waals surface area contributed by atoms with E-state index in [4.69, 9.17) is 27.9 Å².